The van der Waals surface area contributed by atoms with Gasteiger partial charge in [0.05, 0.1) is 19.6 Å². The second kappa shape index (κ2) is 7.17. The van der Waals surface area contributed by atoms with Crippen LogP contribution in [0.5, 0.6) is 5.75 Å². The zero-order chi connectivity index (χ0) is 13.4. The van der Waals surface area contributed by atoms with Gasteiger partial charge in [0.15, 0.2) is 0 Å². The van der Waals surface area contributed by atoms with Gasteiger partial charge in [-0.3, -0.25) is 4.79 Å². The lowest BCUT2D eigenvalue weighted by Crippen LogP contribution is -2.30. The summed E-state index contributed by atoms with van der Waals surface area (Å²) in [6.07, 6.45) is 0.135. The maximum absolute atomic E-state index is 11.4. The van der Waals surface area contributed by atoms with Gasteiger partial charge < -0.3 is 15.4 Å². The van der Waals surface area contributed by atoms with E-state index in [1.165, 1.54) is 0 Å². The number of amides is 1. The molecule has 0 saturated heterocycles. The molecule has 5 heteroatoms. The van der Waals surface area contributed by atoms with Crippen LogP contribution in [0.25, 0.3) is 0 Å². The topological polar surface area (TPSA) is 74.2 Å². The van der Waals surface area contributed by atoms with Crippen LogP contribution >= 0.6 is 0 Å². The fourth-order valence-corrected chi connectivity index (χ4v) is 1.47. The lowest BCUT2D eigenvalue weighted by atomic mass is 10.2. The third-order valence-electron chi connectivity index (χ3n) is 2.35. The van der Waals surface area contributed by atoms with Crippen molar-refractivity contribution in [1.29, 1.82) is 5.26 Å². The Morgan fingerprint density at radius 2 is 2.11 bits per heavy atom. The maximum atomic E-state index is 11.4. The van der Waals surface area contributed by atoms with Crippen molar-refractivity contribution in [3.05, 3.63) is 24.3 Å². The highest BCUT2D eigenvalue weighted by Crippen LogP contribution is 2.16. The van der Waals surface area contributed by atoms with E-state index in [1.54, 1.807) is 31.4 Å². The minimum absolute atomic E-state index is 0.134. The molecule has 1 rings (SSSR count). The van der Waals surface area contributed by atoms with Gasteiger partial charge in [-0.1, -0.05) is 0 Å². The van der Waals surface area contributed by atoms with Gasteiger partial charge in [-0.25, -0.2) is 0 Å². The van der Waals surface area contributed by atoms with Crippen molar-refractivity contribution in [2.75, 3.05) is 19.0 Å². The van der Waals surface area contributed by atoms with Crippen LogP contribution in [0.2, 0.25) is 0 Å². The summed E-state index contributed by atoms with van der Waals surface area (Å²) in [5.41, 5.74) is 0.784. The van der Waals surface area contributed by atoms with E-state index < -0.39 is 6.04 Å². The standard InChI is InChI=1S/C13H17N3O2/c1-3-15-13(17)8-11(9-14)16-10-4-6-12(18-2)7-5-10/h4-7,11,16H,3,8H2,1-2H3,(H,15,17). The van der Waals surface area contributed by atoms with Crippen molar-refractivity contribution in [1.82, 2.24) is 5.32 Å². The number of rotatable bonds is 6. The number of nitriles is 1. The fraction of sp³-hybridized carbons (Fsp3) is 0.385. The molecule has 1 atom stereocenters. The largest absolute Gasteiger partial charge is 0.497 e. The lowest BCUT2D eigenvalue weighted by molar-refractivity contribution is -0.121. The van der Waals surface area contributed by atoms with E-state index in [1.807, 2.05) is 6.92 Å². The number of hydrogen-bond acceptors (Lipinski definition) is 4. The summed E-state index contributed by atoms with van der Waals surface area (Å²) < 4.78 is 5.04. The van der Waals surface area contributed by atoms with Crippen LogP contribution < -0.4 is 15.4 Å². The average Bonchev–Trinajstić information content (AvgIpc) is 2.39. The van der Waals surface area contributed by atoms with Crippen molar-refractivity contribution in [3.8, 4) is 11.8 Å². The number of hydrogen-bond donors (Lipinski definition) is 2. The van der Waals surface area contributed by atoms with Gasteiger partial charge in [0.1, 0.15) is 11.8 Å². The number of ether oxygens (including phenoxy) is 1. The molecule has 1 unspecified atom stereocenters. The summed E-state index contributed by atoms with van der Waals surface area (Å²) in [6.45, 7) is 2.41. The molecule has 1 aromatic rings. The molecule has 5 nitrogen and oxygen atoms in total. The van der Waals surface area contributed by atoms with Gasteiger partial charge in [0.2, 0.25) is 5.91 Å². The first-order valence-corrected chi connectivity index (χ1v) is 5.76. The Labute approximate surface area is 107 Å². The molecule has 0 heterocycles. The first-order valence-electron chi connectivity index (χ1n) is 5.76. The summed E-state index contributed by atoms with van der Waals surface area (Å²) in [6, 6.07) is 8.73. The van der Waals surface area contributed by atoms with Gasteiger partial charge in [0, 0.05) is 12.2 Å². The van der Waals surface area contributed by atoms with Crippen LogP contribution in [0.4, 0.5) is 5.69 Å². The van der Waals surface area contributed by atoms with Crippen LogP contribution in [0.3, 0.4) is 0 Å². The van der Waals surface area contributed by atoms with E-state index in [0.717, 1.165) is 11.4 Å². The maximum Gasteiger partial charge on any atom is 0.223 e. The highest BCUT2D eigenvalue weighted by Gasteiger charge is 2.12. The van der Waals surface area contributed by atoms with Gasteiger partial charge in [-0.05, 0) is 31.2 Å². The summed E-state index contributed by atoms with van der Waals surface area (Å²) in [5.74, 6) is 0.614. The molecule has 0 saturated carbocycles. The Morgan fingerprint density at radius 3 is 2.61 bits per heavy atom. The molecular formula is C13H17N3O2. The highest BCUT2D eigenvalue weighted by atomic mass is 16.5. The first-order chi connectivity index (χ1) is 8.69. The summed E-state index contributed by atoms with van der Waals surface area (Å²) >= 11 is 0. The zero-order valence-electron chi connectivity index (χ0n) is 10.6. The highest BCUT2D eigenvalue weighted by molar-refractivity contribution is 5.77. The Hall–Kier alpha value is -2.22. The van der Waals surface area contributed by atoms with Crippen LogP contribution in [-0.2, 0) is 4.79 Å². The monoisotopic (exact) mass is 247 g/mol. The number of anilines is 1. The molecule has 0 aliphatic heterocycles. The van der Waals surface area contributed by atoms with E-state index >= 15 is 0 Å². The van der Waals surface area contributed by atoms with Gasteiger partial charge >= 0.3 is 0 Å². The minimum Gasteiger partial charge on any atom is -0.497 e. The number of benzene rings is 1. The van der Waals surface area contributed by atoms with Gasteiger partial charge in [-0.2, -0.15) is 5.26 Å². The molecule has 0 aromatic heterocycles. The van der Waals surface area contributed by atoms with Crippen LogP contribution in [0.15, 0.2) is 24.3 Å². The first kappa shape index (κ1) is 13.8. The lowest BCUT2D eigenvalue weighted by Gasteiger charge is -2.12. The number of carbonyl (C=O) groups is 1. The third-order valence-corrected chi connectivity index (χ3v) is 2.35. The van der Waals surface area contributed by atoms with Crippen molar-refractivity contribution < 1.29 is 9.53 Å². The Morgan fingerprint density at radius 1 is 1.44 bits per heavy atom. The Bertz CT molecular complexity index is 423. The normalized spacial score (nSPS) is 11.2. The zero-order valence-corrected chi connectivity index (χ0v) is 10.6. The average molecular weight is 247 g/mol. The van der Waals surface area contributed by atoms with Crippen LogP contribution in [-0.4, -0.2) is 25.6 Å². The number of nitrogens with one attached hydrogen (secondary N) is 2. The molecule has 0 aliphatic rings. The minimum atomic E-state index is -0.537. The SMILES string of the molecule is CCNC(=O)CC(C#N)Nc1ccc(OC)cc1. The molecule has 0 fully saturated rings. The molecule has 2 N–H and O–H groups in total. The molecular weight excluding hydrogens is 230 g/mol. The summed E-state index contributed by atoms with van der Waals surface area (Å²) in [4.78, 5) is 11.4. The Balaban J connectivity index is 2.57. The predicted molar refractivity (Wildman–Crippen MR) is 69.3 cm³/mol. The summed E-state index contributed by atoms with van der Waals surface area (Å²) in [7, 11) is 1.59. The summed E-state index contributed by atoms with van der Waals surface area (Å²) in [5, 5.41) is 14.6. The van der Waals surface area contributed by atoms with E-state index in [9.17, 15) is 4.79 Å². The molecule has 1 amide bonds. The second-order valence-corrected chi connectivity index (χ2v) is 3.71. The van der Waals surface area contributed by atoms with E-state index in [4.69, 9.17) is 10.00 Å². The molecule has 0 radical (unpaired) electrons. The predicted octanol–water partition coefficient (Wildman–Crippen LogP) is 1.53. The molecule has 1 aromatic carbocycles. The van der Waals surface area contributed by atoms with Crippen molar-refractivity contribution in [2.24, 2.45) is 0 Å². The van der Waals surface area contributed by atoms with Crippen molar-refractivity contribution >= 4 is 11.6 Å². The second-order valence-electron chi connectivity index (χ2n) is 3.71. The van der Waals surface area contributed by atoms with Crippen LogP contribution in [0, 0.1) is 11.3 Å². The molecule has 96 valence electrons. The number of methoxy groups -OCH3 is 1. The third kappa shape index (κ3) is 4.34. The van der Waals surface area contributed by atoms with Crippen molar-refractivity contribution in [3.63, 3.8) is 0 Å². The molecule has 0 bridgehead atoms. The molecule has 0 spiro atoms. The van der Waals surface area contributed by atoms with E-state index in [-0.39, 0.29) is 12.3 Å². The van der Waals surface area contributed by atoms with E-state index in [0.29, 0.717) is 6.54 Å². The van der Waals surface area contributed by atoms with Crippen LogP contribution in [0.1, 0.15) is 13.3 Å². The molecule has 0 aliphatic carbocycles. The van der Waals surface area contributed by atoms with Gasteiger partial charge in [-0.15, -0.1) is 0 Å². The van der Waals surface area contributed by atoms with Crippen molar-refractivity contribution in [2.45, 2.75) is 19.4 Å². The number of carbonyl (C=O) groups excluding carboxylic acids is 1. The van der Waals surface area contributed by atoms with E-state index in [2.05, 4.69) is 16.7 Å². The molecule has 18 heavy (non-hydrogen) atoms. The van der Waals surface area contributed by atoms with Gasteiger partial charge in [0.25, 0.3) is 0 Å². The smallest absolute Gasteiger partial charge is 0.223 e. The Kier molecular flexibility index (Phi) is 5.52. The quantitative estimate of drug-likeness (QED) is 0.799. The number of nitrogens with zero attached hydrogens (tertiary/aromatic N) is 1. The fourth-order valence-electron chi connectivity index (χ4n) is 1.47.